The quantitative estimate of drug-likeness (QED) is 0.313. The molecule has 0 amide bonds. The molecular formula is C26H21O5P. The van der Waals surface area contributed by atoms with E-state index in [1.165, 1.54) is 0 Å². The van der Waals surface area contributed by atoms with Gasteiger partial charge in [-0.2, -0.15) is 0 Å². The van der Waals surface area contributed by atoms with Crippen molar-refractivity contribution >= 4 is 30.2 Å². The van der Waals surface area contributed by atoms with Crippen LogP contribution in [0.4, 0.5) is 0 Å². The zero-order chi connectivity index (χ0) is 22.1. The van der Waals surface area contributed by atoms with Gasteiger partial charge in [0.2, 0.25) is 0 Å². The van der Waals surface area contributed by atoms with Gasteiger partial charge in [0, 0.05) is 11.1 Å². The van der Waals surface area contributed by atoms with Crippen LogP contribution < -0.4 is 9.47 Å². The predicted octanol–water partition coefficient (Wildman–Crippen LogP) is 7.40. The molecule has 5 rings (SSSR count). The van der Waals surface area contributed by atoms with Crippen LogP contribution in [0.25, 0.3) is 44.2 Å². The summed E-state index contributed by atoms with van der Waals surface area (Å²) in [5.41, 5.74) is 4.55. The molecule has 1 heterocycles. The molecule has 32 heavy (non-hydrogen) atoms. The fraction of sp³-hybridized carbons (Fsp3) is 0.0769. The fourth-order valence-corrected chi connectivity index (χ4v) is 4.73. The average Bonchev–Trinajstić information content (AvgIpc) is 3.00. The van der Waals surface area contributed by atoms with Crippen LogP contribution >= 0.6 is 8.24 Å². The Kier molecular flexibility index (Phi) is 5.36. The van der Waals surface area contributed by atoms with Gasteiger partial charge in [-0.15, -0.1) is 0 Å². The summed E-state index contributed by atoms with van der Waals surface area (Å²) < 4.78 is 23.5. The summed E-state index contributed by atoms with van der Waals surface area (Å²) in [7, 11) is 0.969. The summed E-state index contributed by atoms with van der Waals surface area (Å²) >= 11 is 0. The fourth-order valence-electron chi connectivity index (χ4n) is 4.00. The van der Waals surface area contributed by atoms with Crippen LogP contribution in [-0.2, 0) is 0 Å². The third-order valence-electron chi connectivity index (χ3n) is 5.44. The summed E-state index contributed by atoms with van der Waals surface area (Å²) in [4.78, 5) is 10.8. The lowest BCUT2D eigenvalue weighted by molar-refractivity contribution is 0.416. The van der Waals surface area contributed by atoms with E-state index in [4.69, 9.17) is 17.9 Å². The molecule has 0 aliphatic carbocycles. The van der Waals surface area contributed by atoms with Gasteiger partial charge in [0.05, 0.1) is 25.0 Å². The van der Waals surface area contributed by atoms with Crippen molar-refractivity contribution in [3.8, 4) is 33.8 Å². The number of methoxy groups -OCH3 is 2. The molecule has 0 bridgehead atoms. The molecule has 0 saturated carbocycles. The maximum atomic E-state index is 10.8. The third kappa shape index (κ3) is 3.42. The van der Waals surface area contributed by atoms with E-state index in [-0.39, 0.29) is 0 Å². The van der Waals surface area contributed by atoms with Gasteiger partial charge < -0.3 is 17.9 Å². The first-order valence-corrected chi connectivity index (χ1v) is 11.2. The largest absolute Gasteiger partial charge is 0.496 e. The van der Waals surface area contributed by atoms with Crippen molar-refractivity contribution in [2.75, 3.05) is 14.2 Å². The van der Waals surface area contributed by atoms with Crippen molar-refractivity contribution in [3.63, 3.8) is 0 Å². The number of hydrogen-bond acceptors (Lipinski definition) is 5. The molecule has 4 aromatic carbocycles. The zero-order valence-corrected chi connectivity index (χ0v) is 18.5. The Morgan fingerprint density at radius 2 is 1.00 bits per heavy atom. The molecular weight excluding hydrogens is 423 g/mol. The van der Waals surface area contributed by atoms with Gasteiger partial charge in [-0.25, -0.2) is 0 Å². The van der Waals surface area contributed by atoms with Crippen molar-refractivity contribution in [1.82, 2.24) is 0 Å². The SMILES string of the molecule is COc1ccc(-c2ccccc2)c2op(O)oc3c(-c4ccccc4)ccc(OC)c3c12. The molecule has 0 unspecified atom stereocenters. The topological polar surface area (TPSA) is 65.0 Å². The van der Waals surface area contributed by atoms with Gasteiger partial charge in [-0.1, -0.05) is 60.7 Å². The molecule has 0 fully saturated rings. The number of benzene rings is 4. The van der Waals surface area contributed by atoms with Crippen molar-refractivity contribution in [2.45, 2.75) is 0 Å². The minimum absolute atomic E-state index is 0.492. The van der Waals surface area contributed by atoms with E-state index in [0.717, 1.165) is 22.3 Å². The van der Waals surface area contributed by atoms with Crippen LogP contribution in [0.2, 0.25) is 0 Å². The molecule has 0 aliphatic heterocycles. The summed E-state index contributed by atoms with van der Waals surface area (Å²) in [5, 5.41) is 1.36. The lowest BCUT2D eigenvalue weighted by Crippen LogP contribution is -1.91. The molecule has 1 N–H and O–H groups in total. The van der Waals surface area contributed by atoms with Crippen molar-refractivity contribution in [3.05, 3.63) is 84.9 Å². The lowest BCUT2D eigenvalue weighted by atomic mass is 9.97. The monoisotopic (exact) mass is 444 g/mol. The Morgan fingerprint density at radius 1 is 0.594 bits per heavy atom. The predicted molar refractivity (Wildman–Crippen MR) is 128 cm³/mol. The molecule has 0 saturated heterocycles. The molecule has 0 aliphatic rings. The Labute approximate surface area is 186 Å². The third-order valence-corrected chi connectivity index (χ3v) is 6.11. The van der Waals surface area contributed by atoms with Gasteiger partial charge in [-0.05, 0) is 35.4 Å². The number of hydrogen-bond donors (Lipinski definition) is 1. The van der Waals surface area contributed by atoms with Crippen LogP contribution in [0.15, 0.2) is 93.3 Å². The average molecular weight is 444 g/mol. The van der Waals surface area contributed by atoms with Crippen molar-refractivity contribution < 1.29 is 22.8 Å². The Hall–Kier alpha value is -3.66. The second kappa shape index (κ2) is 8.46. The van der Waals surface area contributed by atoms with Crippen LogP contribution in [0.5, 0.6) is 11.5 Å². The van der Waals surface area contributed by atoms with E-state index in [1.54, 1.807) is 14.2 Å². The highest BCUT2D eigenvalue weighted by Gasteiger charge is 2.20. The molecule has 1 aromatic heterocycles. The molecule has 6 heteroatoms. The molecule has 160 valence electrons. The summed E-state index contributed by atoms with van der Waals surface area (Å²) in [6, 6.07) is 27.4. The van der Waals surface area contributed by atoms with Gasteiger partial charge in [0.25, 0.3) is 0 Å². The smallest absolute Gasteiger partial charge is 0.384 e. The molecule has 5 nitrogen and oxygen atoms in total. The first-order valence-electron chi connectivity index (χ1n) is 10.1. The maximum absolute atomic E-state index is 10.8. The number of ether oxygens (including phenoxy) is 2. The Bertz CT molecular complexity index is 1330. The molecule has 0 atom stereocenters. The van der Waals surface area contributed by atoms with E-state index < -0.39 is 8.24 Å². The highest BCUT2D eigenvalue weighted by Crippen LogP contribution is 2.46. The van der Waals surface area contributed by atoms with Crippen LogP contribution in [0.1, 0.15) is 0 Å². The van der Waals surface area contributed by atoms with E-state index in [2.05, 4.69) is 0 Å². The van der Waals surface area contributed by atoms with Gasteiger partial charge in [0.1, 0.15) is 11.5 Å². The normalized spacial score (nSPS) is 11.0. The van der Waals surface area contributed by atoms with Gasteiger partial charge in [-0.3, -0.25) is 4.89 Å². The highest BCUT2D eigenvalue weighted by molar-refractivity contribution is 7.30. The standard InChI is InChI=1S/C26H21O5P/c1-28-21-15-13-19(17-9-5-3-6-10-17)25-23(21)24-22(29-2)16-14-20(18-11-7-4-8-12-18)26(24)31-32(27)30-25/h3-16,27H,1-2H3. The van der Waals surface area contributed by atoms with E-state index in [1.807, 2.05) is 84.9 Å². The molecule has 5 aromatic rings. The van der Waals surface area contributed by atoms with Gasteiger partial charge in [0.15, 0.2) is 11.2 Å². The molecule has 0 spiro atoms. The van der Waals surface area contributed by atoms with Crippen molar-refractivity contribution in [1.29, 1.82) is 0 Å². The van der Waals surface area contributed by atoms with Gasteiger partial charge >= 0.3 is 8.24 Å². The summed E-state index contributed by atoms with van der Waals surface area (Å²) in [6.07, 6.45) is 0. The second-order valence-electron chi connectivity index (χ2n) is 7.19. The van der Waals surface area contributed by atoms with Crippen LogP contribution in [0, 0.1) is 0 Å². The van der Waals surface area contributed by atoms with Crippen LogP contribution in [-0.4, -0.2) is 19.1 Å². The minimum atomic E-state index is -2.25. The van der Waals surface area contributed by atoms with E-state index >= 15 is 0 Å². The first-order chi connectivity index (χ1) is 15.7. The minimum Gasteiger partial charge on any atom is -0.496 e. The Balaban J connectivity index is 2.03. The van der Waals surface area contributed by atoms with Crippen molar-refractivity contribution in [2.24, 2.45) is 0 Å². The summed E-state index contributed by atoms with van der Waals surface area (Å²) in [5.74, 6) is 1.19. The second-order valence-corrected chi connectivity index (χ2v) is 8.03. The summed E-state index contributed by atoms with van der Waals surface area (Å²) in [6.45, 7) is 0. The number of rotatable bonds is 4. The highest BCUT2D eigenvalue weighted by atomic mass is 31.1. The lowest BCUT2D eigenvalue weighted by Gasteiger charge is -2.12. The van der Waals surface area contributed by atoms with Crippen LogP contribution in [0.3, 0.4) is 0 Å². The maximum Gasteiger partial charge on any atom is 0.384 e. The van der Waals surface area contributed by atoms with E-state index in [0.29, 0.717) is 33.4 Å². The zero-order valence-electron chi connectivity index (χ0n) is 17.6. The first kappa shape index (κ1) is 20.3. The molecule has 0 radical (unpaired) electrons. The number of fused-ring (bicyclic) bond motifs is 3. The Morgan fingerprint density at radius 3 is 1.38 bits per heavy atom. The van der Waals surface area contributed by atoms with E-state index in [9.17, 15) is 4.89 Å².